The minimum Gasteiger partial charge on any atom is -0.458 e. The van der Waals surface area contributed by atoms with Crippen LogP contribution in [0.3, 0.4) is 0 Å². The lowest BCUT2D eigenvalue weighted by atomic mass is 9.45. The highest BCUT2D eigenvalue weighted by Gasteiger charge is 2.69. The van der Waals surface area contributed by atoms with E-state index in [2.05, 4.69) is 33.8 Å². The average molecular weight is 262 g/mol. The van der Waals surface area contributed by atoms with Gasteiger partial charge in [-0.15, -0.1) is 0 Å². The van der Waals surface area contributed by atoms with E-state index < -0.39 is 0 Å². The van der Waals surface area contributed by atoms with E-state index in [1.165, 1.54) is 18.4 Å². The monoisotopic (exact) mass is 262 g/mol. The molecule has 2 nitrogen and oxygen atoms in total. The van der Waals surface area contributed by atoms with Crippen molar-refractivity contribution in [3.8, 4) is 0 Å². The summed E-state index contributed by atoms with van der Waals surface area (Å²) >= 11 is 0. The standard InChI is InChI=1S/C17H26O2/c1-11-8-13-9-15(3,4)10-14(11)16(5)6-7-17(13,16)19-12(2)18/h8,13-14H,6-7,9-10H2,1-5H3. The Kier molecular flexibility index (Phi) is 2.54. The maximum Gasteiger partial charge on any atom is 0.303 e. The van der Waals surface area contributed by atoms with Gasteiger partial charge in [0.2, 0.25) is 0 Å². The van der Waals surface area contributed by atoms with Crippen LogP contribution in [-0.4, -0.2) is 11.6 Å². The van der Waals surface area contributed by atoms with Crippen LogP contribution >= 0.6 is 0 Å². The lowest BCUT2D eigenvalue weighted by molar-refractivity contribution is -0.231. The molecule has 0 N–H and O–H groups in total. The molecule has 19 heavy (non-hydrogen) atoms. The Morgan fingerprint density at radius 1 is 1.26 bits per heavy atom. The maximum atomic E-state index is 11.6. The average Bonchev–Trinajstić information content (AvgIpc) is 2.41. The Labute approximate surface area is 116 Å². The fourth-order valence-electron chi connectivity index (χ4n) is 5.26. The van der Waals surface area contributed by atoms with Crippen molar-refractivity contribution >= 4 is 5.97 Å². The number of rotatable bonds is 1. The van der Waals surface area contributed by atoms with Crippen molar-refractivity contribution in [2.75, 3.05) is 0 Å². The van der Waals surface area contributed by atoms with E-state index in [1.807, 2.05) is 0 Å². The Morgan fingerprint density at radius 3 is 2.47 bits per heavy atom. The third-order valence-corrected chi connectivity index (χ3v) is 6.22. The van der Waals surface area contributed by atoms with Crippen LogP contribution in [-0.2, 0) is 9.53 Å². The van der Waals surface area contributed by atoms with Gasteiger partial charge >= 0.3 is 5.97 Å². The number of hydrogen-bond donors (Lipinski definition) is 0. The van der Waals surface area contributed by atoms with E-state index in [9.17, 15) is 4.79 Å². The van der Waals surface area contributed by atoms with E-state index in [-0.39, 0.29) is 17.0 Å². The molecule has 106 valence electrons. The van der Waals surface area contributed by atoms with E-state index in [0.29, 0.717) is 17.3 Å². The second-order valence-electron chi connectivity index (χ2n) is 8.04. The van der Waals surface area contributed by atoms with Crippen molar-refractivity contribution < 1.29 is 9.53 Å². The quantitative estimate of drug-likeness (QED) is 0.525. The summed E-state index contributed by atoms with van der Waals surface area (Å²) in [6, 6.07) is 0. The first-order valence-corrected chi connectivity index (χ1v) is 7.58. The molecular weight excluding hydrogens is 236 g/mol. The normalized spacial score (nSPS) is 46.7. The Morgan fingerprint density at radius 2 is 1.95 bits per heavy atom. The zero-order valence-corrected chi connectivity index (χ0v) is 12.9. The van der Waals surface area contributed by atoms with Gasteiger partial charge in [0.15, 0.2) is 0 Å². The minimum absolute atomic E-state index is 0.109. The second-order valence-corrected chi connectivity index (χ2v) is 8.04. The first-order chi connectivity index (χ1) is 8.70. The third-order valence-electron chi connectivity index (χ3n) is 6.22. The number of ether oxygens (including phenoxy) is 1. The van der Waals surface area contributed by atoms with Gasteiger partial charge in [-0.25, -0.2) is 0 Å². The van der Waals surface area contributed by atoms with Crippen LogP contribution < -0.4 is 0 Å². The van der Waals surface area contributed by atoms with E-state index in [0.717, 1.165) is 12.8 Å². The largest absolute Gasteiger partial charge is 0.458 e. The molecule has 0 aromatic heterocycles. The molecule has 0 heterocycles. The van der Waals surface area contributed by atoms with Crippen LogP contribution in [0.25, 0.3) is 0 Å². The summed E-state index contributed by atoms with van der Waals surface area (Å²) in [5, 5.41) is 0. The molecular formula is C17H26O2. The van der Waals surface area contributed by atoms with E-state index in [1.54, 1.807) is 6.92 Å². The summed E-state index contributed by atoms with van der Waals surface area (Å²) in [5.74, 6) is 0.876. The molecule has 4 aliphatic rings. The highest BCUT2D eigenvalue weighted by Crippen LogP contribution is 2.69. The summed E-state index contributed by atoms with van der Waals surface area (Å²) in [6.45, 7) is 10.9. The van der Waals surface area contributed by atoms with Crippen molar-refractivity contribution in [1.82, 2.24) is 0 Å². The summed E-state index contributed by atoms with van der Waals surface area (Å²) in [4.78, 5) is 11.6. The molecule has 0 radical (unpaired) electrons. The van der Waals surface area contributed by atoms with Gasteiger partial charge in [-0.3, -0.25) is 4.79 Å². The number of allylic oxidation sites excluding steroid dienone is 1. The fourth-order valence-corrected chi connectivity index (χ4v) is 5.26. The molecule has 2 bridgehead atoms. The highest BCUT2D eigenvalue weighted by molar-refractivity contribution is 5.67. The molecule has 2 saturated carbocycles. The maximum absolute atomic E-state index is 11.6. The summed E-state index contributed by atoms with van der Waals surface area (Å²) in [6.07, 6.45) is 7.03. The molecule has 4 atom stereocenters. The Hall–Kier alpha value is -0.790. The number of esters is 1. The molecule has 0 amide bonds. The molecule has 2 fully saturated rings. The van der Waals surface area contributed by atoms with E-state index >= 15 is 0 Å². The molecule has 4 rings (SSSR count). The summed E-state index contributed by atoms with van der Waals surface area (Å²) < 4.78 is 5.95. The molecule has 0 aliphatic heterocycles. The van der Waals surface area contributed by atoms with Gasteiger partial charge in [-0.2, -0.15) is 0 Å². The van der Waals surface area contributed by atoms with Gasteiger partial charge in [-0.1, -0.05) is 32.4 Å². The number of carbonyl (C=O) groups excluding carboxylic acids is 1. The molecule has 4 aliphatic carbocycles. The van der Waals surface area contributed by atoms with Crippen molar-refractivity contribution in [1.29, 1.82) is 0 Å². The third kappa shape index (κ3) is 1.58. The molecule has 0 aromatic carbocycles. The van der Waals surface area contributed by atoms with Gasteiger partial charge in [0, 0.05) is 18.3 Å². The van der Waals surface area contributed by atoms with Crippen LogP contribution in [0.2, 0.25) is 0 Å². The second kappa shape index (κ2) is 3.65. The first-order valence-electron chi connectivity index (χ1n) is 7.58. The lowest BCUT2D eigenvalue weighted by Gasteiger charge is -2.64. The van der Waals surface area contributed by atoms with Crippen LogP contribution in [0.5, 0.6) is 0 Å². The summed E-state index contributed by atoms with van der Waals surface area (Å²) in [5.41, 5.74) is 1.82. The molecule has 4 unspecified atom stereocenters. The van der Waals surface area contributed by atoms with Crippen LogP contribution in [0.4, 0.5) is 0 Å². The van der Waals surface area contributed by atoms with Gasteiger partial charge in [0.1, 0.15) is 5.60 Å². The van der Waals surface area contributed by atoms with Crippen molar-refractivity contribution in [2.24, 2.45) is 22.7 Å². The number of fused-ring (bicyclic) bond motifs is 2. The van der Waals surface area contributed by atoms with Crippen LogP contribution in [0.1, 0.15) is 60.3 Å². The molecule has 0 aromatic rings. The molecule has 2 heteroatoms. The van der Waals surface area contributed by atoms with Crippen molar-refractivity contribution in [3.05, 3.63) is 11.6 Å². The van der Waals surface area contributed by atoms with Crippen LogP contribution in [0.15, 0.2) is 11.6 Å². The number of carbonyl (C=O) groups is 1. The summed E-state index contributed by atoms with van der Waals surface area (Å²) in [7, 11) is 0. The predicted molar refractivity (Wildman–Crippen MR) is 75.6 cm³/mol. The fraction of sp³-hybridized carbons (Fsp3) is 0.824. The Balaban J connectivity index is 2.10. The molecule has 0 spiro atoms. The predicted octanol–water partition coefficient (Wildman–Crippen LogP) is 4.10. The lowest BCUT2D eigenvalue weighted by Crippen LogP contribution is -2.65. The van der Waals surface area contributed by atoms with Crippen LogP contribution in [0, 0.1) is 22.7 Å². The van der Waals surface area contributed by atoms with E-state index in [4.69, 9.17) is 4.74 Å². The molecule has 0 saturated heterocycles. The van der Waals surface area contributed by atoms with Gasteiger partial charge < -0.3 is 4.74 Å². The van der Waals surface area contributed by atoms with Crippen molar-refractivity contribution in [2.45, 2.75) is 65.9 Å². The van der Waals surface area contributed by atoms with Gasteiger partial charge in [0.05, 0.1) is 0 Å². The van der Waals surface area contributed by atoms with Gasteiger partial charge in [0.25, 0.3) is 0 Å². The first kappa shape index (κ1) is 13.2. The highest BCUT2D eigenvalue weighted by atomic mass is 16.6. The number of hydrogen-bond acceptors (Lipinski definition) is 2. The smallest absolute Gasteiger partial charge is 0.303 e. The van der Waals surface area contributed by atoms with Gasteiger partial charge in [-0.05, 0) is 43.9 Å². The zero-order valence-electron chi connectivity index (χ0n) is 12.9. The SMILES string of the molecule is CC(=O)OC12CCC1(C)C1CC(C)(C)CC2C=C1C. The Bertz CT molecular complexity index is 462. The minimum atomic E-state index is -0.212. The van der Waals surface area contributed by atoms with Crippen molar-refractivity contribution in [3.63, 3.8) is 0 Å². The zero-order chi connectivity index (χ0) is 14.1. The topological polar surface area (TPSA) is 26.3 Å².